The van der Waals surface area contributed by atoms with Gasteiger partial charge in [-0.1, -0.05) is 38.0 Å². The van der Waals surface area contributed by atoms with Gasteiger partial charge in [0, 0.05) is 31.3 Å². The zero-order valence-corrected chi connectivity index (χ0v) is 18.3. The summed E-state index contributed by atoms with van der Waals surface area (Å²) in [5.41, 5.74) is 2.05. The summed E-state index contributed by atoms with van der Waals surface area (Å²) in [6.45, 7) is 3.99. The molecule has 2 atom stereocenters. The molecule has 0 saturated heterocycles. The molecule has 1 aromatic carbocycles. The molecule has 2 N–H and O–H groups in total. The highest BCUT2D eigenvalue weighted by Crippen LogP contribution is 2.29. The van der Waals surface area contributed by atoms with E-state index in [1.807, 2.05) is 57.1 Å². The Hall–Kier alpha value is -2.48. The third-order valence-electron chi connectivity index (χ3n) is 5.55. The highest BCUT2D eigenvalue weighted by Gasteiger charge is 2.32. The van der Waals surface area contributed by atoms with E-state index >= 15 is 0 Å². The van der Waals surface area contributed by atoms with Gasteiger partial charge in [-0.3, -0.25) is 14.9 Å². The van der Waals surface area contributed by atoms with E-state index in [2.05, 4.69) is 20.8 Å². The first kappa shape index (κ1) is 21.2. The van der Waals surface area contributed by atoms with Gasteiger partial charge in [-0.05, 0) is 43.0 Å². The summed E-state index contributed by atoms with van der Waals surface area (Å²) in [5.74, 6) is -0.175. The summed E-state index contributed by atoms with van der Waals surface area (Å²) in [4.78, 5) is 27.2. The van der Waals surface area contributed by atoms with Gasteiger partial charge in [0.1, 0.15) is 11.0 Å². The van der Waals surface area contributed by atoms with Gasteiger partial charge >= 0.3 is 0 Å². The lowest BCUT2D eigenvalue weighted by Crippen LogP contribution is -2.50. The Bertz CT molecular complexity index is 845. The Labute approximate surface area is 175 Å². The molecule has 1 heterocycles. The van der Waals surface area contributed by atoms with E-state index in [1.54, 1.807) is 0 Å². The number of carbonyl (C=O) groups is 2. The van der Waals surface area contributed by atoms with Crippen LogP contribution >= 0.6 is 11.3 Å². The van der Waals surface area contributed by atoms with Crippen LogP contribution in [0.5, 0.6) is 0 Å². The first-order valence-corrected chi connectivity index (χ1v) is 10.9. The number of nitrogens with zero attached hydrogens (tertiary/aromatic N) is 3. The second kappa shape index (κ2) is 9.35. The SMILES string of the molecule is CCC(C)C(NC(=O)C1CCC1)C(=O)Nc1nnc(-c2ccc(N(C)C)cc2)s1. The van der Waals surface area contributed by atoms with Crippen LogP contribution in [0.3, 0.4) is 0 Å². The summed E-state index contributed by atoms with van der Waals surface area (Å²) in [6, 6.07) is 7.44. The molecule has 0 bridgehead atoms. The first-order valence-electron chi connectivity index (χ1n) is 10.1. The summed E-state index contributed by atoms with van der Waals surface area (Å²) in [5, 5.41) is 15.3. The van der Waals surface area contributed by atoms with Crippen LogP contribution in [0.2, 0.25) is 0 Å². The van der Waals surface area contributed by atoms with Crippen molar-refractivity contribution in [2.75, 3.05) is 24.3 Å². The maximum Gasteiger partial charge on any atom is 0.249 e. The minimum atomic E-state index is -0.570. The third-order valence-corrected chi connectivity index (χ3v) is 6.44. The van der Waals surface area contributed by atoms with E-state index in [1.165, 1.54) is 11.3 Å². The predicted octanol–water partition coefficient (Wildman–Crippen LogP) is 3.54. The number of rotatable bonds is 8. The number of nitrogens with one attached hydrogen (secondary N) is 2. The van der Waals surface area contributed by atoms with Crippen molar-refractivity contribution in [1.29, 1.82) is 0 Å². The van der Waals surface area contributed by atoms with Crippen LogP contribution in [0, 0.1) is 11.8 Å². The molecule has 8 heteroatoms. The van der Waals surface area contributed by atoms with Crippen molar-refractivity contribution in [3.63, 3.8) is 0 Å². The fraction of sp³-hybridized carbons (Fsp3) is 0.524. The summed E-state index contributed by atoms with van der Waals surface area (Å²) in [6.07, 6.45) is 3.70. The molecule has 7 nitrogen and oxygen atoms in total. The molecule has 1 aromatic heterocycles. The molecule has 0 spiro atoms. The Morgan fingerprint density at radius 3 is 2.45 bits per heavy atom. The molecule has 2 aromatic rings. The molecule has 2 amide bonds. The van der Waals surface area contributed by atoms with Gasteiger partial charge in [-0.15, -0.1) is 10.2 Å². The second-order valence-corrected chi connectivity index (χ2v) is 8.82. The largest absolute Gasteiger partial charge is 0.378 e. The van der Waals surface area contributed by atoms with Gasteiger partial charge in [-0.2, -0.15) is 0 Å². The van der Waals surface area contributed by atoms with Crippen molar-refractivity contribution in [1.82, 2.24) is 15.5 Å². The maximum absolute atomic E-state index is 12.9. The van der Waals surface area contributed by atoms with E-state index < -0.39 is 6.04 Å². The van der Waals surface area contributed by atoms with Crippen LogP contribution in [-0.2, 0) is 9.59 Å². The quantitative estimate of drug-likeness (QED) is 0.689. The Morgan fingerprint density at radius 1 is 1.21 bits per heavy atom. The fourth-order valence-electron chi connectivity index (χ4n) is 3.12. The molecule has 29 heavy (non-hydrogen) atoms. The molecule has 1 aliphatic rings. The summed E-state index contributed by atoms with van der Waals surface area (Å²) < 4.78 is 0. The van der Waals surface area contributed by atoms with Crippen molar-refractivity contribution in [3.05, 3.63) is 24.3 Å². The van der Waals surface area contributed by atoms with E-state index in [0.717, 1.165) is 41.9 Å². The number of hydrogen-bond acceptors (Lipinski definition) is 6. The molecule has 0 aliphatic heterocycles. The number of amides is 2. The zero-order chi connectivity index (χ0) is 21.0. The van der Waals surface area contributed by atoms with E-state index in [9.17, 15) is 9.59 Å². The maximum atomic E-state index is 12.9. The van der Waals surface area contributed by atoms with Crippen LogP contribution in [-0.4, -0.2) is 42.1 Å². The van der Waals surface area contributed by atoms with Crippen LogP contribution in [0.1, 0.15) is 39.5 Å². The van der Waals surface area contributed by atoms with Gasteiger partial charge in [0.2, 0.25) is 16.9 Å². The van der Waals surface area contributed by atoms with Gasteiger partial charge in [0.05, 0.1) is 0 Å². The molecular formula is C21H29N5O2S. The molecule has 0 radical (unpaired) electrons. The smallest absolute Gasteiger partial charge is 0.249 e. The molecule has 1 saturated carbocycles. The normalized spacial score (nSPS) is 15.9. The van der Waals surface area contributed by atoms with Gasteiger partial charge in [0.15, 0.2) is 0 Å². The third kappa shape index (κ3) is 5.12. The van der Waals surface area contributed by atoms with E-state index in [-0.39, 0.29) is 23.7 Å². The second-order valence-electron chi connectivity index (χ2n) is 7.84. The van der Waals surface area contributed by atoms with Crippen molar-refractivity contribution >= 4 is 34.0 Å². The minimum Gasteiger partial charge on any atom is -0.378 e. The highest BCUT2D eigenvalue weighted by atomic mass is 32.1. The number of aromatic nitrogens is 2. The lowest BCUT2D eigenvalue weighted by Gasteiger charge is -2.29. The summed E-state index contributed by atoms with van der Waals surface area (Å²) in [7, 11) is 3.98. The standard InChI is InChI=1S/C21H29N5O2S/c1-5-13(2)17(22-18(27)14-7-6-8-14)19(28)23-21-25-24-20(29-21)15-9-11-16(12-10-15)26(3)4/h9-14,17H,5-8H2,1-4H3,(H,22,27)(H,23,25,28). The van der Waals surface area contributed by atoms with Gasteiger partial charge in [-0.25, -0.2) is 0 Å². The van der Waals surface area contributed by atoms with Crippen LogP contribution < -0.4 is 15.5 Å². The number of benzene rings is 1. The molecule has 3 rings (SSSR count). The Balaban J connectivity index is 1.67. The van der Waals surface area contributed by atoms with Gasteiger partial charge in [0.25, 0.3) is 0 Å². The number of carbonyl (C=O) groups excluding carboxylic acids is 2. The lowest BCUT2D eigenvalue weighted by atomic mass is 9.84. The van der Waals surface area contributed by atoms with Crippen LogP contribution in [0.15, 0.2) is 24.3 Å². The Morgan fingerprint density at radius 2 is 1.90 bits per heavy atom. The average molecular weight is 416 g/mol. The monoisotopic (exact) mass is 415 g/mol. The van der Waals surface area contributed by atoms with Crippen molar-refractivity contribution < 1.29 is 9.59 Å². The Kier molecular flexibility index (Phi) is 6.84. The lowest BCUT2D eigenvalue weighted by molar-refractivity contribution is -0.132. The van der Waals surface area contributed by atoms with Crippen molar-refractivity contribution in [2.45, 2.75) is 45.6 Å². The topological polar surface area (TPSA) is 87.2 Å². The predicted molar refractivity (Wildman–Crippen MR) is 117 cm³/mol. The van der Waals surface area contributed by atoms with Crippen molar-refractivity contribution in [2.24, 2.45) is 11.8 Å². The van der Waals surface area contributed by atoms with Gasteiger partial charge < -0.3 is 10.2 Å². The van der Waals surface area contributed by atoms with E-state index in [4.69, 9.17) is 0 Å². The molecule has 1 aliphatic carbocycles. The highest BCUT2D eigenvalue weighted by molar-refractivity contribution is 7.18. The molecular weight excluding hydrogens is 386 g/mol. The van der Waals surface area contributed by atoms with E-state index in [0.29, 0.717) is 5.13 Å². The average Bonchev–Trinajstić information content (AvgIpc) is 3.12. The van der Waals surface area contributed by atoms with Crippen LogP contribution in [0.25, 0.3) is 10.6 Å². The van der Waals surface area contributed by atoms with Crippen LogP contribution in [0.4, 0.5) is 10.8 Å². The van der Waals surface area contributed by atoms with Crippen molar-refractivity contribution in [3.8, 4) is 10.6 Å². The minimum absolute atomic E-state index is 0.0179. The summed E-state index contributed by atoms with van der Waals surface area (Å²) >= 11 is 1.33. The zero-order valence-electron chi connectivity index (χ0n) is 17.4. The first-order chi connectivity index (χ1) is 13.9. The molecule has 156 valence electrons. The number of hydrogen-bond donors (Lipinski definition) is 2. The molecule has 1 fully saturated rings. The fourth-order valence-corrected chi connectivity index (χ4v) is 3.87. The molecule has 2 unspecified atom stereocenters. The number of anilines is 2.